The van der Waals surface area contributed by atoms with Crippen LogP contribution in [0.5, 0.6) is 0 Å². The van der Waals surface area contributed by atoms with Gasteiger partial charge >= 0.3 is 0 Å². The van der Waals surface area contributed by atoms with Crippen LogP contribution in [0.4, 0.5) is 5.69 Å². The van der Waals surface area contributed by atoms with Crippen LogP contribution in [0.3, 0.4) is 0 Å². The zero-order valence-corrected chi connectivity index (χ0v) is 18.1. The number of primary amides is 1. The van der Waals surface area contributed by atoms with Crippen molar-refractivity contribution in [3.8, 4) is 0 Å². The molecule has 1 aromatic carbocycles. The molecule has 0 radical (unpaired) electrons. The number of nitrogens with one attached hydrogen (secondary N) is 2. The number of anilines is 1. The Balaban J connectivity index is 1.58. The summed E-state index contributed by atoms with van der Waals surface area (Å²) < 4.78 is 0. The van der Waals surface area contributed by atoms with Crippen molar-refractivity contribution in [2.45, 2.75) is 39.0 Å². The number of amides is 3. The first-order valence-corrected chi connectivity index (χ1v) is 10.9. The normalized spacial score (nSPS) is 13.2. The van der Waals surface area contributed by atoms with Crippen LogP contribution in [-0.4, -0.2) is 34.2 Å². The number of hydrogen-bond acceptors (Lipinski definition) is 6. The lowest BCUT2D eigenvalue weighted by Gasteiger charge is -2.11. The van der Waals surface area contributed by atoms with Gasteiger partial charge in [-0.05, 0) is 44.4 Å². The van der Waals surface area contributed by atoms with E-state index in [0.29, 0.717) is 22.0 Å². The Hall–Kier alpha value is -3.33. The second-order valence-electron chi connectivity index (χ2n) is 7.65. The summed E-state index contributed by atoms with van der Waals surface area (Å²) in [6, 6.07) is 6.73. The van der Waals surface area contributed by atoms with Gasteiger partial charge in [-0.2, -0.15) is 0 Å². The second-order valence-corrected chi connectivity index (χ2v) is 8.65. The molecule has 2 heterocycles. The Labute approximate surface area is 183 Å². The first-order valence-electron chi connectivity index (χ1n) is 10.1. The molecule has 160 valence electrons. The average molecular weight is 438 g/mol. The minimum Gasteiger partial charge on any atom is -0.370 e. The molecule has 0 unspecified atom stereocenters. The number of fused-ring (bicyclic) bond motifs is 1. The van der Waals surface area contributed by atoms with Crippen LogP contribution in [-0.2, 0) is 4.79 Å². The van der Waals surface area contributed by atoms with Crippen LogP contribution in [0, 0.1) is 13.8 Å². The van der Waals surface area contributed by atoms with E-state index in [1.807, 2.05) is 13.8 Å². The van der Waals surface area contributed by atoms with E-state index in [1.54, 1.807) is 24.3 Å². The number of carbonyl (C=O) groups is 3. The van der Waals surface area contributed by atoms with Gasteiger partial charge in [0.15, 0.2) is 0 Å². The number of thiophene rings is 1. The Morgan fingerprint density at radius 1 is 1.13 bits per heavy atom. The molecule has 4 rings (SSSR count). The van der Waals surface area contributed by atoms with Crippen molar-refractivity contribution in [1.82, 2.24) is 15.3 Å². The summed E-state index contributed by atoms with van der Waals surface area (Å²) >= 11 is 1.34. The number of benzene rings is 1. The van der Waals surface area contributed by atoms with Crippen LogP contribution in [0.15, 0.2) is 24.3 Å². The highest BCUT2D eigenvalue weighted by atomic mass is 32.1. The van der Waals surface area contributed by atoms with Crippen LogP contribution < -0.4 is 16.4 Å². The van der Waals surface area contributed by atoms with E-state index in [4.69, 9.17) is 5.73 Å². The largest absolute Gasteiger partial charge is 0.370 e. The second kappa shape index (κ2) is 8.43. The number of para-hydroxylation sites is 1. The highest BCUT2D eigenvalue weighted by Crippen LogP contribution is 2.40. The predicted octanol–water partition coefficient (Wildman–Crippen LogP) is 3.04. The molecule has 8 nitrogen and oxygen atoms in total. The summed E-state index contributed by atoms with van der Waals surface area (Å²) in [5, 5.41) is 6.40. The van der Waals surface area contributed by atoms with E-state index in [2.05, 4.69) is 20.6 Å². The molecule has 1 fully saturated rings. The van der Waals surface area contributed by atoms with Gasteiger partial charge in [0.1, 0.15) is 10.7 Å². The molecule has 31 heavy (non-hydrogen) atoms. The maximum Gasteiger partial charge on any atom is 0.266 e. The number of carbonyl (C=O) groups excluding carboxylic acids is 3. The van der Waals surface area contributed by atoms with Crippen molar-refractivity contribution in [3.05, 3.63) is 51.8 Å². The van der Waals surface area contributed by atoms with E-state index >= 15 is 0 Å². The monoisotopic (exact) mass is 437 g/mol. The van der Waals surface area contributed by atoms with Crippen molar-refractivity contribution < 1.29 is 14.4 Å². The molecular formula is C22H23N5O3S. The third-order valence-electron chi connectivity index (χ3n) is 5.21. The zero-order chi connectivity index (χ0) is 22.1. The Morgan fingerprint density at radius 3 is 2.58 bits per heavy atom. The van der Waals surface area contributed by atoms with Crippen LogP contribution in [0.2, 0.25) is 0 Å². The molecule has 2 aromatic heterocycles. The molecule has 0 atom stereocenters. The molecule has 9 heteroatoms. The number of nitrogens with zero attached hydrogens (tertiary/aromatic N) is 2. The predicted molar refractivity (Wildman–Crippen MR) is 119 cm³/mol. The fourth-order valence-corrected chi connectivity index (χ4v) is 4.60. The van der Waals surface area contributed by atoms with E-state index in [-0.39, 0.29) is 24.8 Å². The molecule has 4 N–H and O–H groups in total. The average Bonchev–Trinajstić information content (AvgIpc) is 3.51. The highest BCUT2D eigenvalue weighted by molar-refractivity contribution is 7.20. The summed E-state index contributed by atoms with van der Waals surface area (Å²) in [5.74, 6) is 0.107. The van der Waals surface area contributed by atoms with Gasteiger partial charge in [-0.25, -0.2) is 9.97 Å². The molecule has 3 aromatic rings. The molecule has 0 bridgehead atoms. The third kappa shape index (κ3) is 4.41. The van der Waals surface area contributed by atoms with Crippen LogP contribution in [0.1, 0.15) is 62.3 Å². The van der Waals surface area contributed by atoms with Crippen molar-refractivity contribution in [2.75, 3.05) is 11.9 Å². The summed E-state index contributed by atoms with van der Waals surface area (Å²) in [5.41, 5.74) is 7.53. The van der Waals surface area contributed by atoms with Crippen molar-refractivity contribution >= 4 is 45.0 Å². The first kappa shape index (κ1) is 20.9. The topological polar surface area (TPSA) is 127 Å². The number of hydrogen-bond donors (Lipinski definition) is 3. The Kier molecular flexibility index (Phi) is 5.69. The summed E-state index contributed by atoms with van der Waals surface area (Å²) in [6.07, 6.45) is 2.27. The smallest absolute Gasteiger partial charge is 0.266 e. The van der Waals surface area contributed by atoms with E-state index in [9.17, 15) is 14.4 Å². The molecule has 1 aliphatic carbocycles. The lowest BCUT2D eigenvalue weighted by atomic mass is 10.1. The van der Waals surface area contributed by atoms with Crippen LogP contribution >= 0.6 is 11.3 Å². The van der Waals surface area contributed by atoms with E-state index < -0.39 is 5.91 Å². The number of rotatable bonds is 7. The standard InChI is InChI=1S/C22H23N5O3S/c1-11-17-12(2)25-19(13-7-8-13)27-22(17)31-18(11)21(30)26-15-6-4-3-5-14(15)20(29)24-10-9-16(23)28/h3-6,13H,7-10H2,1-2H3,(H2,23,28)(H,24,29)(H,26,30). The SMILES string of the molecule is Cc1nc(C2CC2)nc2sc(C(=O)Nc3ccccc3C(=O)NCCC(N)=O)c(C)c12. The lowest BCUT2D eigenvalue weighted by molar-refractivity contribution is -0.117. The fraction of sp³-hybridized carbons (Fsp3) is 0.318. The van der Waals surface area contributed by atoms with Gasteiger partial charge in [-0.15, -0.1) is 11.3 Å². The van der Waals surface area contributed by atoms with Crippen molar-refractivity contribution in [1.29, 1.82) is 0 Å². The number of aromatic nitrogens is 2. The van der Waals surface area contributed by atoms with Gasteiger partial charge in [0, 0.05) is 24.3 Å². The molecular weight excluding hydrogens is 414 g/mol. The van der Waals surface area contributed by atoms with Gasteiger partial charge in [-0.3, -0.25) is 14.4 Å². The van der Waals surface area contributed by atoms with Gasteiger partial charge < -0.3 is 16.4 Å². The molecule has 0 saturated heterocycles. The Morgan fingerprint density at radius 2 is 1.87 bits per heavy atom. The summed E-state index contributed by atoms with van der Waals surface area (Å²) in [7, 11) is 0. The van der Waals surface area contributed by atoms with Crippen molar-refractivity contribution in [3.63, 3.8) is 0 Å². The maximum atomic E-state index is 13.1. The van der Waals surface area contributed by atoms with Gasteiger partial charge in [0.05, 0.1) is 21.8 Å². The molecule has 1 aliphatic rings. The number of aryl methyl sites for hydroxylation is 2. The fourth-order valence-electron chi connectivity index (χ4n) is 3.46. The highest BCUT2D eigenvalue weighted by Gasteiger charge is 2.28. The lowest BCUT2D eigenvalue weighted by Crippen LogP contribution is -2.28. The minimum absolute atomic E-state index is 0.0461. The van der Waals surface area contributed by atoms with E-state index in [0.717, 1.165) is 40.1 Å². The van der Waals surface area contributed by atoms with Gasteiger partial charge in [0.25, 0.3) is 11.8 Å². The quantitative estimate of drug-likeness (QED) is 0.523. The zero-order valence-electron chi connectivity index (χ0n) is 17.3. The minimum atomic E-state index is -0.495. The molecule has 0 spiro atoms. The van der Waals surface area contributed by atoms with Crippen molar-refractivity contribution in [2.24, 2.45) is 5.73 Å². The third-order valence-corrected chi connectivity index (χ3v) is 6.40. The molecule has 0 aliphatic heterocycles. The van der Waals surface area contributed by atoms with Gasteiger partial charge in [0.2, 0.25) is 5.91 Å². The van der Waals surface area contributed by atoms with Gasteiger partial charge in [-0.1, -0.05) is 12.1 Å². The maximum absolute atomic E-state index is 13.1. The van der Waals surface area contributed by atoms with E-state index in [1.165, 1.54) is 11.3 Å². The first-order chi connectivity index (χ1) is 14.8. The molecule has 1 saturated carbocycles. The summed E-state index contributed by atoms with van der Waals surface area (Å²) in [6.45, 7) is 3.97. The summed E-state index contributed by atoms with van der Waals surface area (Å²) in [4.78, 5) is 47.1. The van der Waals surface area contributed by atoms with Crippen LogP contribution in [0.25, 0.3) is 10.2 Å². The molecule has 3 amide bonds. The number of nitrogens with two attached hydrogens (primary N) is 1. The Bertz CT molecular complexity index is 1200.